The fourth-order valence-electron chi connectivity index (χ4n) is 1.78. The Balaban J connectivity index is 2.81. The van der Waals surface area contributed by atoms with E-state index in [2.05, 4.69) is 15.0 Å². The molecule has 0 aliphatic heterocycles. The van der Waals surface area contributed by atoms with Gasteiger partial charge in [-0.15, -0.1) is 23.2 Å². The van der Waals surface area contributed by atoms with Crippen molar-refractivity contribution < 1.29 is 8.42 Å². The SMILES string of the molecule is CS(=O)(=O)NC1(C#[N+]SC(Cl)(Cl)C(Cl)Cl)CCCC1. The van der Waals surface area contributed by atoms with Crippen LogP contribution in [0.5, 0.6) is 0 Å². The first-order chi connectivity index (χ1) is 8.56. The summed E-state index contributed by atoms with van der Waals surface area (Å²) in [5.41, 5.74) is -0.793. The molecule has 110 valence electrons. The first kappa shape index (κ1) is 18.0. The van der Waals surface area contributed by atoms with Crippen LogP contribution in [0.2, 0.25) is 0 Å². The largest absolute Gasteiger partial charge is 0.353 e. The van der Waals surface area contributed by atoms with E-state index in [1.54, 1.807) is 0 Å². The van der Waals surface area contributed by atoms with Crippen molar-refractivity contribution >= 4 is 68.4 Å². The second kappa shape index (κ2) is 6.78. The first-order valence-corrected chi connectivity index (χ1v) is 9.66. The topological polar surface area (TPSA) is 50.5 Å². The van der Waals surface area contributed by atoms with Gasteiger partial charge in [-0.25, -0.2) is 8.42 Å². The van der Waals surface area contributed by atoms with Crippen molar-refractivity contribution in [3.63, 3.8) is 0 Å². The van der Waals surface area contributed by atoms with Crippen molar-refractivity contribution in [2.24, 2.45) is 0 Å². The molecule has 1 rings (SSSR count). The number of hydrogen-bond acceptors (Lipinski definition) is 3. The molecule has 0 unspecified atom stereocenters. The van der Waals surface area contributed by atoms with Gasteiger partial charge >= 0.3 is 18.0 Å². The number of nitrogens with zero attached hydrogens (tertiary/aromatic N) is 1. The second-order valence-electron chi connectivity index (χ2n) is 4.32. The predicted molar refractivity (Wildman–Crippen MR) is 83.9 cm³/mol. The Morgan fingerprint density at radius 3 is 2.32 bits per heavy atom. The highest BCUT2D eigenvalue weighted by molar-refractivity contribution is 8.05. The third-order valence-corrected chi connectivity index (χ3v) is 6.15. The highest BCUT2D eigenvalue weighted by atomic mass is 35.5. The Labute approximate surface area is 137 Å². The van der Waals surface area contributed by atoms with Crippen molar-refractivity contribution in [2.45, 2.75) is 39.7 Å². The molecule has 0 aromatic carbocycles. The lowest BCUT2D eigenvalue weighted by molar-refractivity contribution is 0.493. The molecule has 0 bridgehead atoms. The molecular weight excluding hydrogens is 374 g/mol. The molecule has 4 nitrogen and oxygen atoms in total. The number of hydrogen-bond donors (Lipinski definition) is 1. The van der Waals surface area contributed by atoms with Crippen molar-refractivity contribution in [1.29, 1.82) is 0 Å². The van der Waals surface area contributed by atoms with Gasteiger partial charge in [0.1, 0.15) is 0 Å². The molecule has 0 heterocycles. The molecule has 0 radical (unpaired) electrons. The molecule has 0 spiro atoms. The molecule has 19 heavy (non-hydrogen) atoms. The summed E-state index contributed by atoms with van der Waals surface area (Å²) in [6.45, 7) is 0. The summed E-state index contributed by atoms with van der Waals surface area (Å²) in [5, 5.41) is 0. The van der Waals surface area contributed by atoms with Crippen LogP contribution in [0.25, 0.3) is 4.25 Å². The summed E-state index contributed by atoms with van der Waals surface area (Å²) in [6.07, 6.45) is 4.16. The molecule has 1 N–H and O–H groups in total. The van der Waals surface area contributed by atoms with Crippen LogP contribution in [-0.4, -0.2) is 28.7 Å². The van der Waals surface area contributed by atoms with Crippen molar-refractivity contribution in [1.82, 2.24) is 4.72 Å². The standard InChI is InChI=1S/C9H13Cl4N2O2S2/c1-19(16,17)15-8(4-2-3-5-8)6-14-18-9(12,13)7(10)11/h7,15H,2-5H2,1H3/q+1. The van der Waals surface area contributed by atoms with E-state index in [0.717, 1.165) is 31.0 Å². The third-order valence-electron chi connectivity index (χ3n) is 2.52. The normalized spacial score (nSPS) is 19.3. The van der Waals surface area contributed by atoms with E-state index in [1.807, 2.05) is 0 Å². The summed E-state index contributed by atoms with van der Waals surface area (Å²) >= 11 is 23.6. The van der Waals surface area contributed by atoms with Crippen LogP contribution in [-0.2, 0) is 10.0 Å². The molecule has 1 saturated carbocycles. The van der Waals surface area contributed by atoms with Gasteiger partial charge in [0.05, 0.1) is 6.26 Å². The van der Waals surface area contributed by atoms with Gasteiger partial charge in [0.25, 0.3) is 3.67 Å². The van der Waals surface area contributed by atoms with Crippen molar-refractivity contribution in [3.8, 4) is 6.07 Å². The lowest BCUT2D eigenvalue weighted by atomic mass is 10.0. The zero-order chi connectivity index (χ0) is 14.7. The zero-order valence-corrected chi connectivity index (χ0v) is 14.7. The maximum Gasteiger partial charge on any atom is 0.353 e. The minimum atomic E-state index is -3.35. The highest BCUT2D eigenvalue weighted by Gasteiger charge is 2.44. The smallest absolute Gasteiger partial charge is 0.213 e. The summed E-state index contributed by atoms with van der Waals surface area (Å²) < 4.78 is 27.7. The maximum atomic E-state index is 11.4. The predicted octanol–water partition coefficient (Wildman–Crippen LogP) is 3.76. The van der Waals surface area contributed by atoms with Gasteiger partial charge < -0.3 is 0 Å². The van der Waals surface area contributed by atoms with Crippen molar-refractivity contribution in [2.75, 3.05) is 6.26 Å². The van der Waals surface area contributed by atoms with E-state index >= 15 is 0 Å². The minimum absolute atomic E-state index is 0.632. The highest BCUT2D eigenvalue weighted by Crippen LogP contribution is 2.43. The van der Waals surface area contributed by atoms with Crippen LogP contribution in [0.4, 0.5) is 0 Å². The quantitative estimate of drug-likeness (QED) is 0.591. The van der Waals surface area contributed by atoms with Gasteiger partial charge in [0.15, 0.2) is 10.4 Å². The Morgan fingerprint density at radius 2 is 1.89 bits per heavy atom. The summed E-state index contributed by atoms with van der Waals surface area (Å²) in [6, 6.07) is 2.77. The fraction of sp³-hybridized carbons (Fsp3) is 0.889. The van der Waals surface area contributed by atoms with Crippen LogP contribution in [0.1, 0.15) is 25.7 Å². The molecular formula is C9H13Cl4N2O2S2+. The monoisotopic (exact) mass is 385 g/mol. The van der Waals surface area contributed by atoms with E-state index in [4.69, 9.17) is 46.4 Å². The second-order valence-corrected chi connectivity index (χ2v) is 10.0. The van der Waals surface area contributed by atoms with Crippen LogP contribution < -0.4 is 4.72 Å². The number of rotatable bonds is 4. The number of halogens is 4. The summed E-state index contributed by atoms with van der Waals surface area (Å²) in [5.74, 6) is 0. The van der Waals surface area contributed by atoms with Crippen LogP contribution in [0.3, 0.4) is 0 Å². The van der Waals surface area contributed by atoms with Gasteiger partial charge in [-0.3, -0.25) is 0 Å². The number of sulfonamides is 1. The van der Waals surface area contributed by atoms with Gasteiger partial charge in [0, 0.05) is 4.25 Å². The van der Waals surface area contributed by atoms with E-state index in [0.29, 0.717) is 12.8 Å². The van der Waals surface area contributed by atoms with Crippen LogP contribution in [0, 0.1) is 6.07 Å². The number of nitrogens with one attached hydrogen (secondary N) is 1. The maximum absolute atomic E-state index is 11.4. The van der Waals surface area contributed by atoms with E-state index in [-0.39, 0.29) is 0 Å². The third kappa shape index (κ3) is 6.04. The molecule has 0 aromatic rings. The van der Waals surface area contributed by atoms with E-state index in [1.165, 1.54) is 0 Å². The molecule has 10 heteroatoms. The summed E-state index contributed by atoms with van der Waals surface area (Å²) in [4.78, 5) is -1.03. The average molecular weight is 387 g/mol. The summed E-state index contributed by atoms with van der Waals surface area (Å²) in [7, 11) is -3.35. The fourth-order valence-corrected chi connectivity index (χ4v) is 3.61. The molecule has 0 atom stereocenters. The van der Waals surface area contributed by atoms with Gasteiger partial charge in [0.2, 0.25) is 10.0 Å². The minimum Gasteiger partial charge on any atom is -0.213 e. The van der Waals surface area contributed by atoms with E-state index in [9.17, 15) is 8.42 Å². The average Bonchev–Trinajstić information content (AvgIpc) is 2.63. The lowest BCUT2D eigenvalue weighted by Gasteiger charge is -2.16. The zero-order valence-electron chi connectivity index (χ0n) is 10.00. The van der Waals surface area contributed by atoms with Crippen LogP contribution in [0.15, 0.2) is 0 Å². The Morgan fingerprint density at radius 1 is 1.37 bits per heavy atom. The van der Waals surface area contributed by atoms with Crippen molar-refractivity contribution in [3.05, 3.63) is 4.25 Å². The molecule has 1 aliphatic rings. The van der Waals surface area contributed by atoms with Gasteiger partial charge in [-0.1, -0.05) is 36.0 Å². The van der Waals surface area contributed by atoms with Crippen LogP contribution >= 0.6 is 58.4 Å². The van der Waals surface area contributed by atoms with Gasteiger partial charge in [-0.2, -0.15) is 4.72 Å². The molecule has 1 fully saturated rings. The molecule has 1 aliphatic carbocycles. The Bertz CT molecular complexity index is 478. The first-order valence-electron chi connectivity index (χ1n) is 5.37. The van der Waals surface area contributed by atoms with E-state index < -0.39 is 24.1 Å². The molecule has 0 amide bonds. The number of alkyl halides is 4. The Hall–Kier alpha value is 0.910. The molecule has 0 aromatic heterocycles. The van der Waals surface area contributed by atoms with Gasteiger partial charge in [-0.05, 0) is 12.8 Å². The molecule has 0 saturated heterocycles. The Kier molecular flexibility index (Phi) is 6.41. The lowest BCUT2D eigenvalue weighted by Crippen LogP contribution is -2.44.